The van der Waals surface area contributed by atoms with E-state index in [-0.39, 0.29) is 0 Å². The van der Waals surface area contributed by atoms with Crippen LogP contribution in [0.15, 0.2) is 0 Å². The van der Waals surface area contributed by atoms with Crippen LogP contribution in [0.4, 0.5) is 0 Å². The fourth-order valence-corrected chi connectivity index (χ4v) is 1.73. The zero-order valence-electron chi connectivity index (χ0n) is 9.01. The molecule has 0 bridgehead atoms. The average Bonchev–Trinajstić information content (AvgIpc) is 2.38. The maximum Gasteiger partial charge on any atom is 0.162 e. The molecule has 1 rings (SSSR count). The molecule has 0 aromatic carbocycles. The van der Waals surface area contributed by atoms with Gasteiger partial charge in [0.05, 0.1) is 12.3 Å². The van der Waals surface area contributed by atoms with E-state index in [9.17, 15) is 0 Å². The van der Waals surface area contributed by atoms with Crippen LogP contribution in [0.3, 0.4) is 0 Å². The van der Waals surface area contributed by atoms with Crippen molar-refractivity contribution in [1.29, 1.82) is 0 Å². The molecule has 0 saturated carbocycles. The van der Waals surface area contributed by atoms with Gasteiger partial charge in [-0.25, -0.2) is 0 Å². The Kier molecular flexibility index (Phi) is 4.45. The smallest absolute Gasteiger partial charge is 0.162 e. The zero-order valence-corrected chi connectivity index (χ0v) is 10.6. The average molecular weight is 261 g/mol. The summed E-state index contributed by atoms with van der Waals surface area (Å²) >= 11 is 3.40. The highest BCUT2D eigenvalue weighted by Crippen LogP contribution is 2.21. The third-order valence-corrected chi connectivity index (χ3v) is 2.78. The van der Waals surface area contributed by atoms with Gasteiger partial charge in [0.15, 0.2) is 5.75 Å². The maximum atomic E-state index is 5.69. The molecule has 0 aliphatic carbocycles. The quantitative estimate of drug-likeness (QED) is 0.601. The Morgan fingerprint density at radius 3 is 2.57 bits per heavy atom. The third kappa shape index (κ3) is 2.74. The fraction of sp³-hybridized carbons (Fsp3) is 0.700. The summed E-state index contributed by atoms with van der Waals surface area (Å²) in [5.74, 6) is 0.946. The number of alkyl halides is 1. The van der Waals surface area contributed by atoms with Gasteiger partial charge in [-0.05, 0) is 26.7 Å². The van der Waals surface area contributed by atoms with Gasteiger partial charge >= 0.3 is 0 Å². The molecular weight excluding hydrogens is 244 g/mol. The van der Waals surface area contributed by atoms with Crippen LogP contribution in [0.5, 0.6) is 5.75 Å². The molecule has 4 heteroatoms. The van der Waals surface area contributed by atoms with E-state index in [4.69, 9.17) is 4.74 Å². The van der Waals surface area contributed by atoms with Crippen LogP contribution >= 0.6 is 15.9 Å². The normalized spacial score (nSPS) is 10.6. The van der Waals surface area contributed by atoms with Crippen LogP contribution in [-0.2, 0) is 7.05 Å². The van der Waals surface area contributed by atoms with Crippen molar-refractivity contribution in [1.82, 2.24) is 9.78 Å². The largest absolute Gasteiger partial charge is 0.490 e. The predicted octanol–water partition coefficient (Wildman–Crippen LogP) is 2.59. The summed E-state index contributed by atoms with van der Waals surface area (Å²) in [5, 5.41) is 5.33. The molecule has 0 aliphatic heterocycles. The number of nitrogens with zero attached hydrogens (tertiary/aromatic N) is 2. The first-order valence-electron chi connectivity index (χ1n) is 4.85. The number of hydrogen-bond donors (Lipinski definition) is 0. The number of unbranched alkanes of at least 4 members (excludes halogenated alkanes) is 1. The molecule has 0 unspecified atom stereocenters. The lowest BCUT2D eigenvalue weighted by Gasteiger charge is -2.05. The Balaban J connectivity index is 2.49. The summed E-state index contributed by atoms with van der Waals surface area (Å²) in [5.41, 5.74) is 2.07. The Morgan fingerprint density at radius 1 is 1.36 bits per heavy atom. The van der Waals surface area contributed by atoms with Crippen molar-refractivity contribution in [2.24, 2.45) is 7.05 Å². The van der Waals surface area contributed by atoms with E-state index in [1.807, 2.05) is 25.6 Å². The second-order valence-corrected chi connectivity index (χ2v) is 4.16. The van der Waals surface area contributed by atoms with E-state index < -0.39 is 0 Å². The van der Waals surface area contributed by atoms with Crippen LogP contribution in [0.25, 0.3) is 0 Å². The number of aryl methyl sites for hydroxylation is 2. The first kappa shape index (κ1) is 11.6. The number of ether oxygens (including phenoxy) is 1. The highest BCUT2D eigenvalue weighted by Gasteiger charge is 2.09. The molecule has 0 radical (unpaired) electrons. The van der Waals surface area contributed by atoms with Crippen molar-refractivity contribution in [2.75, 3.05) is 11.9 Å². The van der Waals surface area contributed by atoms with Gasteiger partial charge in [0.2, 0.25) is 0 Å². The van der Waals surface area contributed by atoms with Crippen LogP contribution in [0.1, 0.15) is 24.2 Å². The Bertz CT molecular complexity index is 297. The van der Waals surface area contributed by atoms with Crippen molar-refractivity contribution < 1.29 is 4.74 Å². The summed E-state index contributed by atoms with van der Waals surface area (Å²) < 4.78 is 7.54. The molecule has 0 atom stereocenters. The molecule has 1 heterocycles. The third-order valence-electron chi connectivity index (χ3n) is 2.22. The predicted molar refractivity (Wildman–Crippen MR) is 61.2 cm³/mol. The highest BCUT2D eigenvalue weighted by atomic mass is 79.9. The van der Waals surface area contributed by atoms with Crippen LogP contribution in [0, 0.1) is 13.8 Å². The molecule has 0 N–H and O–H groups in total. The molecule has 0 fully saturated rings. The first-order valence-corrected chi connectivity index (χ1v) is 5.98. The zero-order chi connectivity index (χ0) is 10.6. The molecule has 0 amide bonds. The Hall–Kier alpha value is -0.510. The SMILES string of the molecule is Cc1nn(C)c(C)c1OCCCCBr. The minimum absolute atomic E-state index is 0.777. The van der Waals surface area contributed by atoms with Crippen molar-refractivity contribution in [3.05, 3.63) is 11.4 Å². The lowest BCUT2D eigenvalue weighted by atomic mass is 10.3. The molecule has 14 heavy (non-hydrogen) atoms. The molecule has 1 aromatic rings. The summed E-state index contributed by atoms with van der Waals surface area (Å²) in [4.78, 5) is 0. The minimum Gasteiger partial charge on any atom is -0.490 e. The van der Waals surface area contributed by atoms with Gasteiger partial charge in [-0.15, -0.1) is 0 Å². The number of hydrogen-bond acceptors (Lipinski definition) is 2. The van der Waals surface area contributed by atoms with Crippen LogP contribution in [-0.4, -0.2) is 21.7 Å². The second kappa shape index (κ2) is 5.39. The van der Waals surface area contributed by atoms with Gasteiger partial charge in [-0.2, -0.15) is 5.10 Å². The monoisotopic (exact) mass is 260 g/mol. The minimum atomic E-state index is 0.777. The van der Waals surface area contributed by atoms with E-state index >= 15 is 0 Å². The lowest BCUT2D eigenvalue weighted by Crippen LogP contribution is -1.99. The molecule has 1 aromatic heterocycles. The van der Waals surface area contributed by atoms with Crippen molar-refractivity contribution >= 4 is 15.9 Å². The molecule has 80 valence electrons. The molecule has 0 saturated heterocycles. The molecule has 0 aliphatic rings. The standard InChI is InChI=1S/C10H17BrN2O/c1-8-10(9(2)13(3)12-8)14-7-5-4-6-11/h4-7H2,1-3H3. The van der Waals surface area contributed by atoms with E-state index in [1.54, 1.807) is 0 Å². The maximum absolute atomic E-state index is 5.69. The van der Waals surface area contributed by atoms with Crippen molar-refractivity contribution in [2.45, 2.75) is 26.7 Å². The Labute approximate surface area is 93.6 Å². The fourth-order valence-electron chi connectivity index (χ4n) is 1.33. The molecule has 3 nitrogen and oxygen atoms in total. The van der Waals surface area contributed by atoms with Crippen molar-refractivity contribution in [3.63, 3.8) is 0 Å². The van der Waals surface area contributed by atoms with Gasteiger partial charge in [0.1, 0.15) is 5.69 Å². The van der Waals surface area contributed by atoms with Gasteiger partial charge < -0.3 is 4.74 Å². The Morgan fingerprint density at radius 2 is 2.07 bits per heavy atom. The topological polar surface area (TPSA) is 27.1 Å². The van der Waals surface area contributed by atoms with E-state index in [0.29, 0.717) is 0 Å². The van der Waals surface area contributed by atoms with E-state index in [2.05, 4.69) is 21.0 Å². The van der Waals surface area contributed by atoms with Gasteiger partial charge in [-0.3, -0.25) is 4.68 Å². The summed E-state index contributed by atoms with van der Waals surface area (Å²) in [6.07, 6.45) is 2.23. The molecular formula is C10H17BrN2O. The highest BCUT2D eigenvalue weighted by molar-refractivity contribution is 9.09. The second-order valence-electron chi connectivity index (χ2n) is 3.37. The van der Waals surface area contributed by atoms with E-state index in [1.165, 1.54) is 0 Å². The van der Waals surface area contributed by atoms with Gasteiger partial charge in [-0.1, -0.05) is 15.9 Å². The summed E-state index contributed by atoms with van der Waals surface area (Å²) in [6, 6.07) is 0. The summed E-state index contributed by atoms with van der Waals surface area (Å²) in [7, 11) is 1.94. The van der Waals surface area contributed by atoms with Crippen molar-refractivity contribution in [3.8, 4) is 5.75 Å². The molecule has 0 spiro atoms. The number of halogens is 1. The first-order chi connectivity index (χ1) is 6.66. The van der Waals surface area contributed by atoms with Crippen LogP contribution < -0.4 is 4.74 Å². The number of rotatable bonds is 5. The van der Waals surface area contributed by atoms with E-state index in [0.717, 1.165) is 41.9 Å². The van der Waals surface area contributed by atoms with Gasteiger partial charge in [0.25, 0.3) is 0 Å². The van der Waals surface area contributed by atoms with Crippen LogP contribution in [0.2, 0.25) is 0 Å². The summed E-state index contributed by atoms with van der Waals surface area (Å²) in [6.45, 7) is 4.78. The van der Waals surface area contributed by atoms with Gasteiger partial charge in [0, 0.05) is 12.4 Å². The number of aromatic nitrogens is 2. The lowest BCUT2D eigenvalue weighted by molar-refractivity contribution is 0.305.